The largest absolute Gasteiger partial charge is 0.383 e. The summed E-state index contributed by atoms with van der Waals surface area (Å²) in [6.45, 7) is 3.03. The van der Waals surface area contributed by atoms with Crippen molar-refractivity contribution in [2.24, 2.45) is 11.7 Å². The van der Waals surface area contributed by atoms with Gasteiger partial charge in [-0.2, -0.15) is 0 Å². The van der Waals surface area contributed by atoms with Crippen LogP contribution >= 0.6 is 0 Å². The third kappa shape index (κ3) is 4.43. The van der Waals surface area contributed by atoms with Crippen LogP contribution in [0.5, 0.6) is 0 Å². The molecule has 2 N–H and O–H groups in total. The first-order valence-corrected chi connectivity index (χ1v) is 8.47. The van der Waals surface area contributed by atoms with Crippen molar-refractivity contribution in [3.63, 3.8) is 0 Å². The molecule has 1 aliphatic heterocycles. The van der Waals surface area contributed by atoms with Crippen molar-refractivity contribution in [1.29, 1.82) is 0 Å². The second-order valence-electron chi connectivity index (χ2n) is 4.92. The summed E-state index contributed by atoms with van der Waals surface area (Å²) in [5.74, 6) is -0.0681. The number of nitrogens with two attached hydrogens (primary N) is 1. The van der Waals surface area contributed by atoms with Crippen molar-refractivity contribution in [2.45, 2.75) is 25.8 Å². The average molecular weight is 292 g/mol. The third-order valence-corrected chi connectivity index (χ3v) is 5.35. The van der Waals surface area contributed by atoms with E-state index >= 15 is 0 Å². The lowest BCUT2D eigenvalue weighted by molar-refractivity contribution is -0.138. The standard InChI is InChI=1S/C12H24N2O4S/c1-3-10(8-13)12(15)14(5-6-18-2)11-4-7-19(16,17)9-11/h10-11H,3-9,13H2,1-2H3. The maximum Gasteiger partial charge on any atom is 0.227 e. The van der Waals surface area contributed by atoms with Crippen LogP contribution < -0.4 is 5.73 Å². The Labute approximate surface area is 115 Å². The maximum absolute atomic E-state index is 12.4. The molecular weight excluding hydrogens is 268 g/mol. The highest BCUT2D eigenvalue weighted by Crippen LogP contribution is 2.20. The van der Waals surface area contributed by atoms with E-state index in [1.165, 1.54) is 0 Å². The summed E-state index contributed by atoms with van der Waals surface area (Å²) in [5.41, 5.74) is 5.61. The van der Waals surface area contributed by atoms with Gasteiger partial charge in [-0.1, -0.05) is 6.92 Å². The van der Waals surface area contributed by atoms with Crippen LogP contribution in [-0.4, -0.2) is 63.6 Å². The molecule has 112 valence electrons. The minimum atomic E-state index is -3.00. The quantitative estimate of drug-likeness (QED) is 0.691. The summed E-state index contributed by atoms with van der Waals surface area (Å²) in [7, 11) is -1.44. The number of hydrogen-bond acceptors (Lipinski definition) is 5. The summed E-state index contributed by atoms with van der Waals surface area (Å²) in [4.78, 5) is 14.1. The Bertz CT molecular complexity index is 393. The molecule has 2 atom stereocenters. The van der Waals surface area contributed by atoms with Crippen LogP contribution in [0.25, 0.3) is 0 Å². The van der Waals surface area contributed by atoms with E-state index < -0.39 is 9.84 Å². The molecule has 0 bridgehead atoms. The number of carbonyl (C=O) groups excluding carboxylic acids is 1. The van der Waals surface area contributed by atoms with Crippen LogP contribution in [0.3, 0.4) is 0 Å². The molecule has 19 heavy (non-hydrogen) atoms. The Morgan fingerprint density at radius 1 is 1.53 bits per heavy atom. The highest BCUT2D eigenvalue weighted by molar-refractivity contribution is 7.91. The number of hydrogen-bond donors (Lipinski definition) is 1. The second kappa shape index (κ2) is 7.21. The van der Waals surface area contributed by atoms with Crippen LogP contribution in [0.2, 0.25) is 0 Å². The van der Waals surface area contributed by atoms with E-state index in [1.807, 2.05) is 6.92 Å². The molecule has 0 aromatic carbocycles. The molecule has 1 saturated heterocycles. The summed E-state index contributed by atoms with van der Waals surface area (Å²) in [6, 6.07) is -0.228. The second-order valence-corrected chi connectivity index (χ2v) is 7.15. The number of sulfone groups is 1. The predicted octanol–water partition coefficient (Wildman–Crippen LogP) is -0.367. The molecule has 1 amide bonds. The fraction of sp³-hybridized carbons (Fsp3) is 0.917. The SMILES string of the molecule is CCC(CN)C(=O)N(CCOC)C1CCS(=O)(=O)C1. The van der Waals surface area contributed by atoms with E-state index in [9.17, 15) is 13.2 Å². The van der Waals surface area contributed by atoms with Gasteiger partial charge in [-0.15, -0.1) is 0 Å². The van der Waals surface area contributed by atoms with Gasteiger partial charge in [0.15, 0.2) is 9.84 Å². The van der Waals surface area contributed by atoms with Crippen molar-refractivity contribution in [3.8, 4) is 0 Å². The molecule has 0 saturated carbocycles. The lowest BCUT2D eigenvalue weighted by Crippen LogP contribution is -2.47. The fourth-order valence-corrected chi connectivity index (χ4v) is 4.09. The van der Waals surface area contributed by atoms with Crippen molar-refractivity contribution >= 4 is 15.7 Å². The first kappa shape index (κ1) is 16.4. The minimum absolute atomic E-state index is 0.0517. The van der Waals surface area contributed by atoms with Gasteiger partial charge in [0.25, 0.3) is 0 Å². The molecule has 1 rings (SSSR count). The normalized spacial score (nSPS) is 23.2. The van der Waals surface area contributed by atoms with E-state index in [4.69, 9.17) is 10.5 Å². The zero-order valence-electron chi connectivity index (χ0n) is 11.7. The van der Waals surface area contributed by atoms with Gasteiger partial charge in [-0.25, -0.2) is 8.42 Å². The van der Waals surface area contributed by atoms with Crippen LogP contribution in [0.4, 0.5) is 0 Å². The molecule has 0 radical (unpaired) electrons. The zero-order chi connectivity index (χ0) is 14.5. The lowest BCUT2D eigenvalue weighted by atomic mass is 10.0. The van der Waals surface area contributed by atoms with Gasteiger partial charge in [0.1, 0.15) is 0 Å². The van der Waals surface area contributed by atoms with Gasteiger partial charge in [0, 0.05) is 26.2 Å². The van der Waals surface area contributed by atoms with Gasteiger partial charge in [0.05, 0.1) is 24.0 Å². The fourth-order valence-electron chi connectivity index (χ4n) is 2.36. The van der Waals surface area contributed by atoms with Crippen molar-refractivity contribution in [2.75, 3.05) is 38.3 Å². The van der Waals surface area contributed by atoms with Crippen LogP contribution in [0.15, 0.2) is 0 Å². The van der Waals surface area contributed by atoms with E-state index in [0.717, 1.165) is 0 Å². The number of ether oxygens (including phenoxy) is 1. The highest BCUT2D eigenvalue weighted by Gasteiger charge is 2.36. The monoisotopic (exact) mass is 292 g/mol. The molecule has 0 aliphatic carbocycles. The van der Waals surface area contributed by atoms with E-state index in [2.05, 4.69) is 0 Å². The van der Waals surface area contributed by atoms with Crippen molar-refractivity contribution in [1.82, 2.24) is 4.90 Å². The Balaban J connectivity index is 2.79. The lowest BCUT2D eigenvalue weighted by Gasteiger charge is -2.31. The summed E-state index contributed by atoms with van der Waals surface area (Å²) < 4.78 is 28.1. The third-order valence-electron chi connectivity index (χ3n) is 3.60. The molecule has 1 aliphatic rings. The molecular formula is C12H24N2O4S. The highest BCUT2D eigenvalue weighted by atomic mass is 32.2. The van der Waals surface area contributed by atoms with Crippen molar-refractivity contribution in [3.05, 3.63) is 0 Å². The summed E-state index contributed by atoms with van der Waals surface area (Å²) in [6.07, 6.45) is 1.18. The molecule has 1 fully saturated rings. The molecule has 0 aromatic heterocycles. The van der Waals surface area contributed by atoms with E-state index in [1.54, 1.807) is 12.0 Å². The smallest absolute Gasteiger partial charge is 0.227 e. The topological polar surface area (TPSA) is 89.7 Å². The molecule has 2 unspecified atom stereocenters. The molecule has 6 nitrogen and oxygen atoms in total. The number of methoxy groups -OCH3 is 1. The first-order valence-electron chi connectivity index (χ1n) is 6.65. The van der Waals surface area contributed by atoms with E-state index in [0.29, 0.717) is 26.0 Å². The zero-order valence-corrected chi connectivity index (χ0v) is 12.5. The molecule has 0 aromatic rings. The summed E-state index contributed by atoms with van der Waals surface area (Å²) >= 11 is 0. The minimum Gasteiger partial charge on any atom is -0.383 e. The molecule has 0 spiro atoms. The van der Waals surface area contributed by atoms with Crippen molar-refractivity contribution < 1.29 is 17.9 Å². The number of amides is 1. The van der Waals surface area contributed by atoms with Crippen LogP contribution in [0.1, 0.15) is 19.8 Å². The Kier molecular flexibility index (Phi) is 6.22. The molecule has 1 heterocycles. The van der Waals surface area contributed by atoms with Gasteiger partial charge in [0.2, 0.25) is 5.91 Å². The van der Waals surface area contributed by atoms with Gasteiger partial charge < -0.3 is 15.4 Å². The number of rotatable bonds is 7. The van der Waals surface area contributed by atoms with Crippen LogP contribution in [-0.2, 0) is 19.4 Å². The van der Waals surface area contributed by atoms with Gasteiger partial charge >= 0.3 is 0 Å². The Morgan fingerprint density at radius 2 is 2.21 bits per heavy atom. The number of carbonyl (C=O) groups is 1. The first-order chi connectivity index (χ1) is 8.95. The number of nitrogens with zero attached hydrogens (tertiary/aromatic N) is 1. The predicted molar refractivity (Wildman–Crippen MR) is 73.5 cm³/mol. The van der Waals surface area contributed by atoms with Gasteiger partial charge in [-0.3, -0.25) is 4.79 Å². The summed E-state index contributed by atoms with van der Waals surface area (Å²) in [5, 5.41) is 0. The average Bonchev–Trinajstić information content (AvgIpc) is 2.72. The Morgan fingerprint density at radius 3 is 2.63 bits per heavy atom. The Hall–Kier alpha value is -0.660. The van der Waals surface area contributed by atoms with Crippen LogP contribution in [0, 0.1) is 5.92 Å². The van der Waals surface area contributed by atoms with E-state index in [-0.39, 0.29) is 35.9 Å². The maximum atomic E-state index is 12.4. The van der Waals surface area contributed by atoms with Gasteiger partial charge in [-0.05, 0) is 12.8 Å². The molecule has 7 heteroatoms.